The van der Waals surface area contributed by atoms with Crippen LogP contribution in [0.15, 0.2) is 47.0 Å². The number of hydrogen-bond donors (Lipinski definition) is 0. The second-order valence-corrected chi connectivity index (χ2v) is 6.67. The lowest BCUT2D eigenvalue weighted by Gasteiger charge is -2.39. The Labute approximate surface area is 160 Å². The van der Waals surface area contributed by atoms with Gasteiger partial charge < -0.3 is 4.74 Å². The van der Waals surface area contributed by atoms with Crippen LogP contribution in [0.4, 0.5) is 5.69 Å². The molecule has 1 aliphatic heterocycles. The molecule has 0 atom stereocenters. The maximum Gasteiger partial charge on any atom is 0.273 e. The lowest BCUT2D eigenvalue weighted by molar-refractivity contribution is -0.385. The molecule has 0 fully saturated rings. The molecule has 1 aliphatic rings. The Kier molecular flexibility index (Phi) is 4.78. The van der Waals surface area contributed by atoms with Crippen molar-refractivity contribution in [1.82, 2.24) is 9.63 Å². The third-order valence-electron chi connectivity index (χ3n) is 4.57. The Morgan fingerprint density at radius 3 is 2.57 bits per heavy atom. The molecule has 0 N–H and O–H groups in total. The molecule has 9 nitrogen and oxygen atoms in total. The van der Waals surface area contributed by atoms with Crippen molar-refractivity contribution in [2.45, 2.75) is 26.4 Å². The number of hydroxylamine groups is 2. The number of hydrogen-bond acceptors (Lipinski definition) is 6. The number of aromatic nitrogens is 1. The highest BCUT2D eigenvalue weighted by molar-refractivity contribution is 5.81. The lowest BCUT2D eigenvalue weighted by atomic mass is 9.91. The number of nitrogens with zero attached hydrogens (tertiary/aromatic N) is 3. The van der Waals surface area contributed by atoms with E-state index in [9.17, 15) is 19.7 Å². The molecular formula is C19H19N3O6. The minimum Gasteiger partial charge on any atom is -0.481 e. The van der Waals surface area contributed by atoms with Gasteiger partial charge in [-0.3, -0.25) is 29.1 Å². The third-order valence-corrected chi connectivity index (χ3v) is 4.57. The van der Waals surface area contributed by atoms with Crippen molar-refractivity contribution in [3.05, 3.63) is 73.8 Å². The summed E-state index contributed by atoms with van der Waals surface area (Å²) in [5, 5.41) is 12.4. The first-order valence-electron chi connectivity index (χ1n) is 8.41. The van der Waals surface area contributed by atoms with Crippen LogP contribution in [0.1, 0.15) is 25.0 Å². The summed E-state index contributed by atoms with van der Waals surface area (Å²) in [4.78, 5) is 40.4. The molecule has 146 valence electrons. The molecule has 0 saturated heterocycles. The van der Waals surface area contributed by atoms with Crippen molar-refractivity contribution >= 4 is 17.8 Å². The number of amides is 1. The number of fused-ring (bicyclic) bond motifs is 1. The monoisotopic (exact) mass is 385 g/mol. The maximum absolute atomic E-state index is 12.6. The minimum absolute atomic E-state index is 0.127. The van der Waals surface area contributed by atoms with Gasteiger partial charge in [0.1, 0.15) is 17.0 Å². The van der Waals surface area contributed by atoms with E-state index in [2.05, 4.69) is 0 Å². The summed E-state index contributed by atoms with van der Waals surface area (Å²) >= 11 is 0. The van der Waals surface area contributed by atoms with Crippen LogP contribution >= 0.6 is 0 Å². The van der Waals surface area contributed by atoms with Gasteiger partial charge in [0.05, 0.1) is 23.3 Å². The van der Waals surface area contributed by atoms with E-state index in [1.54, 1.807) is 32.9 Å². The predicted octanol–water partition coefficient (Wildman–Crippen LogP) is 2.47. The molecule has 0 radical (unpaired) electrons. The molecule has 1 aromatic carbocycles. The van der Waals surface area contributed by atoms with Crippen LogP contribution in [0.3, 0.4) is 0 Å². The van der Waals surface area contributed by atoms with Crippen LogP contribution in [-0.2, 0) is 9.63 Å². The third kappa shape index (κ3) is 2.95. The zero-order valence-corrected chi connectivity index (χ0v) is 15.8. The number of nitro benzene ring substituents is 1. The molecule has 0 aliphatic carbocycles. The van der Waals surface area contributed by atoms with Crippen molar-refractivity contribution < 1.29 is 19.3 Å². The zero-order valence-electron chi connectivity index (χ0n) is 15.8. The fourth-order valence-electron chi connectivity index (χ4n) is 3.38. The SMILES string of the molecule is CON(C=O)C1=C(n2ccccc2=O)c2c(ccc([N+](=O)[O-])c2C)OC1(C)C. The molecule has 9 heteroatoms. The van der Waals surface area contributed by atoms with E-state index in [1.165, 1.54) is 36.1 Å². The highest BCUT2D eigenvalue weighted by Gasteiger charge is 2.42. The first-order valence-corrected chi connectivity index (χ1v) is 8.41. The van der Waals surface area contributed by atoms with Gasteiger partial charge in [0.15, 0.2) is 0 Å². The number of pyridine rings is 1. The van der Waals surface area contributed by atoms with Gasteiger partial charge in [-0.25, -0.2) is 0 Å². The minimum atomic E-state index is -1.07. The first kappa shape index (κ1) is 19.3. The van der Waals surface area contributed by atoms with Crippen molar-refractivity contribution in [2.75, 3.05) is 7.11 Å². The molecule has 0 spiro atoms. The Hall–Kier alpha value is -3.46. The number of rotatable bonds is 5. The second kappa shape index (κ2) is 6.93. The molecule has 3 rings (SSSR count). The Balaban J connectivity index is 2.52. The molecule has 0 saturated carbocycles. The van der Waals surface area contributed by atoms with Crippen LogP contribution in [0.25, 0.3) is 5.70 Å². The van der Waals surface area contributed by atoms with Crippen LogP contribution in [0.2, 0.25) is 0 Å². The van der Waals surface area contributed by atoms with Gasteiger partial charge in [0, 0.05) is 23.9 Å². The van der Waals surface area contributed by atoms with Gasteiger partial charge in [0.2, 0.25) is 6.41 Å². The largest absolute Gasteiger partial charge is 0.481 e. The zero-order chi connectivity index (χ0) is 20.6. The van der Waals surface area contributed by atoms with Crippen LogP contribution in [0, 0.1) is 17.0 Å². The van der Waals surface area contributed by atoms with Gasteiger partial charge in [-0.05, 0) is 32.9 Å². The van der Waals surface area contributed by atoms with Crippen molar-refractivity contribution in [3.63, 3.8) is 0 Å². The van der Waals surface area contributed by atoms with E-state index in [-0.39, 0.29) is 22.6 Å². The number of nitro groups is 1. The fraction of sp³-hybridized carbons (Fsp3) is 0.263. The maximum atomic E-state index is 12.6. The van der Waals surface area contributed by atoms with Crippen molar-refractivity contribution in [2.24, 2.45) is 0 Å². The molecule has 1 aromatic heterocycles. The van der Waals surface area contributed by atoms with Crippen LogP contribution in [-0.4, -0.2) is 33.7 Å². The molecule has 1 amide bonds. The quantitative estimate of drug-likeness (QED) is 0.445. The summed E-state index contributed by atoms with van der Waals surface area (Å²) in [6.07, 6.45) is 1.98. The van der Waals surface area contributed by atoms with Crippen molar-refractivity contribution in [3.8, 4) is 5.75 Å². The van der Waals surface area contributed by atoms with E-state index >= 15 is 0 Å². The summed E-state index contributed by atoms with van der Waals surface area (Å²) in [6, 6.07) is 7.44. The number of ether oxygens (including phenoxy) is 1. The average molecular weight is 385 g/mol. The van der Waals surface area contributed by atoms with Gasteiger partial charge >= 0.3 is 0 Å². The summed E-state index contributed by atoms with van der Waals surface area (Å²) < 4.78 is 7.37. The van der Waals surface area contributed by atoms with Gasteiger partial charge in [-0.2, -0.15) is 5.06 Å². The molecular weight excluding hydrogens is 366 g/mol. The van der Waals surface area contributed by atoms with Crippen LogP contribution in [0.5, 0.6) is 5.75 Å². The van der Waals surface area contributed by atoms with E-state index in [0.29, 0.717) is 23.3 Å². The molecule has 2 heterocycles. The Morgan fingerprint density at radius 2 is 2.00 bits per heavy atom. The van der Waals surface area contributed by atoms with Crippen molar-refractivity contribution in [1.29, 1.82) is 0 Å². The predicted molar refractivity (Wildman–Crippen MR) is 100 cm³/mol. The molecule has 0 bridgehead atoms. The fourth-order valence-corrected chi connectivity index (χ4v) is 3.38. The van der Waals surface area contributed by atoms with Gasteiger partial charge in [-0.1, -0.05) is 6.07 Å². The summed E-state index contributed by atoms with van der Waals surface area (Å²) in [7, 11) is 1.30. The number of benzene rings is 1. The average Bonchev–Trinajstić information content (AvgIpc) is 2.63. The smallest absolute Gasteiger partial charge is 0.273 e. The molecule has 0 unspecified atom stereocenters. The second-order valence-electron chi connectivity index (χ2n) is 6.67. The summed E-state index contributed by atoms with van der Waals surface area (Å²) in [6.45, 7) is 5.00. The Morgan fingerprint density at radius 1 is 1.29 bits per heavy atom. The van der Waals surface area contributed by atoms with E-state index < -0.39 is 10.5 Å². The number of carbonyl (C=O) groups is 1. The first-order chi connectivity index (χ1) is 13.2. The normalized spacial score (nSPS) is 14.9. The number of carbonyl (C=O) groups excluding carboxylic acids is 1. The van der Waals surface area contributed by atoms with E-state index in [0.717, 1.165) is 5.06 Å². The summed E-state index contributed by atoms with van der Waals surface area (Å²) in [5.41, 5.74) is -0.383. The lowest BCUT2D eigenvalue weighted by Crippen LogP contribution is -2.44. The topological polar surface area (TPSA) is 104 Å². The Bertz CT molecular complexity index is 1050. The van der Waals surface area contributed by atoms with Gasteiger partial charge in [0.25, 0.3) is 11.2 Å². The summed E-state index contributed by atoms with van der Waals surface area (Å²) in [5.74, 6) is 0.365. The standard InChI is InChI=1S/C19H19N3O6/c1-12-13(22(25)26)8-9-14-16(12)17(20-10-6-5-7-15(20)24)18(19(2,3)28-14)21(11-23)27-4/h5-11H,1-4H3. The molecule has 2 aromatic rings. The highest BCUT2D eigenvalue weighted by atomic mass is 16.7. The van der Waals surface area contributed by atoms with E-state index in [1.807, 2.05) is 0 Å². The van der Waals surface area contributed by atoms with Crippen LogP contribution < -0.4 is 10.3 Å². The highest BCUT2D eigenvalue weighted by Crippen LogP contribution is 2.45. The molecule has 28 heavy (non-hydrogen) atoms. The van der Waals surface area contributed by atoms with E-state index in [4.69, 9.17) is 9.57 Å². The van der Waals surface area contributed by atoms with Gasteiger partial charge in [-0.15, -0.1) is 0 Å².